The Bertz CT molecular complexity index is 434. The zero-order chi connectivity index (χ0) is 13.0. The molecule has 1 rings (SSSR count). The summed E-state index contributed by atoms with van der Waals surface area (Å²) in [5, 5.41) is 8.29. The van der Waals surface area contributed by atoms with Crippen molar-refractivity contribution in [2.24, 2.45) is 0 Å². The van der Waals surface area contributed by atoms with Gasteiger partial charge in [0.2, 0.25) is 0 Å². The molecule has 0 unspecified atom stereocenters. The van der Waals surface area contributed by atoms with Crippen molar-refractivity contribution in [3.05, 3.63) is 35.4 Å². The normalized spacial score (nSPS) is 11.1. The first-order valence-electron chi connectivity index (χ1n) is 4.25. The molecule has 7 heteroatoms. The van der Waals surface area contributed by atoms with Crippen molar-refractivity contribution in [1.82, 2.24) is 0 Å². The summed E-state index contributed by atoms with van der Waals surface area (Å²) in [4.78, 5) is 10.2. The third-order valence-corrected chi connectivity index (χ3v) is 1.65. The first-order valence-corrected chi connectivity index (χ1v) is 4.25. The van der Waals surface area contributed by atoms with Crippen LogP contribution in [0.4, 0.5) is 17.6 Å². The van der Waals surface area contributed by atoms with Gasteiger partial charge in [-0.2, -0.15) is 8.78 Å². The van der Waals surface area contributed by atoms with Crippen LogP contribution in [0.25, 0.3) is 6.08 Å². The topological polar surface area (TPSA) is 46.5 Å². The third kappa shape index (κ3) is 3.78. The van der Waals surface area contributed by atoms with Gasteiger partial charge in [0, 0.05) is 6.08 Å². The van der Waals surface area contributed by atoms with Crippen molar-refractivity contribution in [2.45, 2.75) is 6.61 Å². The lowest BCUT2D eigenvalue weighted by atomic mass is 10.2. The Labute approximate surface area is 92.9 Å². The Morgan fingerprint density at radius 2 is 1.82 bits per heavy atom. The van der Waals surface area contributed by atoms with Gasteiger partial charge in [-0.05, 0) is 23.8 Å². The molecule has 0 spiro atoms. The van der Waals surface area contributed by atoms with Crippen LogP contribution in [0.2, 0.25) is 0 Å². The smallest absolute Gasteiger partial charge is 0.387 e. The summed E-state index contributed by atoms with van der Waals surface area (Å²) in [5.74, 6) is -5.18. The number of carbonyl (C=O) groups is 1. The summed E-state index contributed by atoms with van der Waals surface area (Å²) in [5.41, 5.74) is -0.121. The average molecular weight is 250 g/mol. The molecule has 0 atom stereocenters. The highest BCUT2D eigenvalue weighted by atomic mass is 19.3. The van der Waals surface area contributed by atoms with Crippen LogP contribution in [-0.4, -0.2) is 17.7 Å². The molecule has 0 aliphatic rings. The quantitative estimate of drug-likeness (QED) is 0.660. The van der Waals surface area contributed by atoms with E-state index in [1.807, 2.05) is 0 Å². The summed E-state index contributed by atoms with van der Waals surface area (Å²) in [6, 6.07) is 1.36. The minimum Gasteiger partial charge on any atom is -0.478 e. The van der Waals surface area contributed by atoms with Gasteiger partial charge in [-0.3, -0.25) is 0 Å². The van der Waals surface area contributed by atoms with E-state index in [0.717, 1.165) is 6.08 Å². The van der Waals surface area contributed by atoms with Crippen LogP contribution in [0, 0.1) is 11.6 Å². The van der Waals surface area contributed by atoms with Crippen LogP contribution in [0.1, 0.15) is 5.56 Å². The van der Waals surface area contributed by atoms with Gasteiger partial charge in [-0.15, -0.1) is 0 Å². The van der Waals surface area contributed by atoms with E-state index in [9.17, 15) is 22.4 Å². The predicted octanol–water partition coefficient (Wildman–Crippen LogP) is 2.66. The van der Waals surface area contributed by atoms with E-state index < -0.39 is 30.0 Å². The molecule has 1 aromatic rings. The third-order valence-electron chi connectivity index (χ3n) is 1.65. The second-order valence-electron chi connectivity index (χ2n) is 2.86. The maximum atomic E-state index is 13.1. The SMILES string of the molecule is O=C(O)C=Cc1cc(F)c(OC(F)F)c(F)c1. The number of carboxylic acids is 1. The Morgan fingerprint density at radius 3 is 2.24 bits per heavy atom. The molecule has 17 heavy (non-hydrogen) atoms. The molecule has 0 aliphatic carbocycles. The number of aliphatic carboxylic acids is 1. The molecule has 0 aromatic heterocycles. The minimum absolute atomic E-state index is 0.121. The fourth-order valence-electron chi connectivity index (χ4n) is 1.04. The standard InChI is InChI=1S/C10H6F4O3/c11-6-3-5(1-2-8(15)16)4-7(12)9(6)17-10(13)14/h1-4,10H,(H,15,16). The summed E-state index contributed by atoms with van der Waals surface area (Å²) < 4.78 is 53.4. The van der Waals surface area contributed by atoms with Crippen molar-refractivity contribution in [1.29, 1.82) is 0 Å². The highest BCUT2D eigenvalue weighted by Crippen LogP contribution is 2.25. The Balaban J connectivity index is 3.05. The van der Waals surface area contributed by atoms with E-state index in [0.29, 0.717) is 18.2 Å². The molecule has 1 N–H and O–H groups in total. The largest absolute Gasteiger partial charge is 0.478 e. The zero-order valence-electron chi connectivity index (χ0n) is 8.16. The second-order valence-corrected chi connectivity index (χ2v) is 2.86. The van der Waals surface area contributed by atoms with E-state index in [4.69, 9.17) is 5.11 Å². The highest BCUT2D eigenvalue weighted by Gasteiger charge is 2.16. The molecule has 0 radical (unpaired) electrons. The molecule has 0 amide bonds. The Kier molecular flexibility index (Phi) is 4.08. The van der Waals surface area contributed by atoms with Crippen molar-refractivity contribution < 1.29 is 32.2 Å². The number of benzene rings is 1. The number of ether oxygens (including phenoxy) is 1. The van der Waals surface area contributed by atoms with Crippen LogP contribution in [0.3, 0.4) is 0 Å². The number of carboxylic acid groups (broad SMARTS) is 1. The van der Waals surface area contributed by atoms with Crippen molar-refractivity contribution in [3.63, 3.8) is 0 Å². The zero-order valence-corrected chi connectivity index (χ0v) is 8.16. The number of alkyl halides is 2. The summed E-state index contributed by atoms with van der Waals surface area (Å²) in [7, 11) is 0. The number of rotatable bonds is 4. The number of hydrogen-bond donors (Lipinski definition) is 1. The lowest BCUT2D eigenvalue weighted by molar-refractivity contribution is -0.131. The van der Waals surface area contributed by atoms with Crippen LogP contribution in [0.15, 0.2) is 18.2 Å². The fourth-order valence-corrected chi connectivity index (χ4v) is 1.04. The maximum absolute atomic E-state index is 13.1. The molecular weight excluding hydrogens is 244 g/mol. The molecule has 0 bridgehead atoms. The van der Waals surface area contributed by atoms with Gasteiger partial charge >= 0.3 is 12.6 Å². The average Bonchev–Trinajstić information content (AvgIpc) is 2.20. The lowest BCUT2D eigenvalue weighted by Crippen LogP contribution is -2.06. The molecule has 92 valence electrons. The first kappa shape index (κ1) is 13.0. The van der Waals surface area contributed by atoms with Crippen LogP contribution >= 0.6 is 0 Å². The van der Waals surface area contributed by atoms with E-state index in [1.54, 1.807) is 0 Å². The summed E-state index contributed by atoms with van der Waals surface area (Å²) in [6.07, 6.45) is 1.57. The molecule has 0 aliphatic heterocycles. The van der Waals surface area contributed by atoms with Crippen LogP contribution in [0.5, 0.6) is 5.75 Å². The van der Waals surface area contributed by atoms with Gasteiger partial charge < -0.3 is 9.84 Å². The molecular formula is C10H6F4O3. The van der Waals surface area contributed by atoms with Crippen LogP contribution < -0.4 is 4.74 Å². The van der Waals surface area contributed by atoms with Gasteiger partial charge in [0.15, 0.2) is 17.4 Å². The molecule has 3 nitrogen and oxygen atoms in total. The van der Waals surface area contributed by atoms with Gasteiger partial charge in [0.25, 0.3) is 0 Å². The molecule has 0 saturated carbocycles. The highest BCUT2D eigenvalue weighted by molar-refractivity contribution is 5.85. The predicted molar refractivity (Wildman–Crippen MR) is 49.7 cm³/mol. The molecule has 0 heterocycles. The maximum Gasteiger partial charge on any atom is 0.387 e. The van der Waals surface area contributed by atoms with Gasteiger partial charge in [-0.25, -0.2) is 13.6 Å². The van der Waals surface area contributed by atoms with Crippen molar-refractivity contribution in [3.8, 4) is 5.75 Å². The molecule has 0 fully saturated rings. The summed E-state index contributed by atoms with van der Waals surface area (Å²) in [6.45, 7) is -3.35. The second kappa shape index (κ2) is 5.33. The fraction of sp³-hybridized carbons (Fsp3) is 0.100. The molecule has 0 saturated heterocycles. The van der Waals surface area contributed by atoms with Crippen molar-refractivity contribution in [2.75, 3.05) is 0 Å². The van der Waals surface area contributed by atoms with E-state index in [2.05, 4.69) is 4.74 Å². The van der Waals surface area contributed by atoms with Crippen molar-refractivity contribution >= 4 is 12.0 Å². The van der Waals surface area contributed by atoms with Crippen LogP contribution in [-0.2, 0) is 4.79 Å². The number of hydrogen-bond acceptors (Lipinski definition) is 2. The monoisotopic (exact) mass is 250 g/mol. The van der Waals surface area contributed by atoms with Gasteiger partial charge in [-0.1, -0.05) is 0 Å². The number of halogens is 4. The Morgan fingerprint density at radius 1 is 1.29 bits per heavy atom. The van der Waals surface area contributed by atoms with Gasteiger partial charge in [0.05, 0.1) is 0 Å². The van der Waals surface area contributed by atoms with E-state index in [1.165, 1.54) is 0 Å². The first-order chi connectivity index (χ1) is 7.90. The van der Waals surface area contributed by atoms with E-state index in [-0.39, 0.29) is 5.56 Å². The lowest BCUT2D eigenvalue weighted by Gasteiger charge is -2.07. The van der Waals surface area contributed by atoms with Gasteiger partial charge in [0.1, 0.15) is 0 Å². The summed E-state index contributed by atoms with van der Waals surface area (Å²) >= 11 is 0. The molecule has 1 aromatic carbocycles. The minimum atomic E-state index is -3.35. The Hall–Kier alpha value is -2.05. The van der Waals surface area contributed by atoms with E-state index >= 15 is 0 Å².